The summed E-state index contributed by atoms with van der Waals surface area (Å²) in [6, 6.07) is 8.03. The lowest BCUT2D eigenvalue weighted by Crippen LogP contribution is -2.36. The predicted octanol–water partition coefficient (Wildman–Crippen LogP) is 3.94. The van der Waals surface area contributed by atoms with E-state index in [0.29, 0.717) is 17.8 Å². The smallest absolute Gasteiger partial charge is 0.250 e. The quantitative estimate of drug-likeness (QED) is 0.819. The van der Waals surface area contributed by atoms with Crippen molar-refractivity contribution in [3.05, 3.63) is 24.3 Å². The first kappa shape index (κ1) is 20.2. The van der Waals surface area contributed by atoms with Crippen LogP contribution in [0.1, 0.15) is 40.0 Å². The van der Waals surface area contributed by atoms with E-state index in [1.807, 2.05) is 12.1 Å². The zero-order chi connectivity index (χ0) is 19.2. The molecule has 1 aromatic carbocycles. The van der Waals surface area contributed by atoms with Crippen LogP contribution in [0.3, 0.4) is 0 Å². The van der Waals surface area contributed by atoms with Gasteiger partial charge in [-0.25, -0.2) is 0 Å². The maximum Gasteiger partial charge on any atom is 0.250 e. The molecule has 0 unspecified atom stereocenters. The van der Waals surface area contributed by atoms with E-state index in [4.69, 9.17) is 9.47 Å². The Labute approximate surface area is 163 Å². The first-order chi connectivity index (χ1) is 13.0. The molecule has 0 aromatic heterocycles. The Kier molecular flexibility index (Phi) is 7.13. The van der Waals surface area contributed by atoms with Crippen LogP contribution < -0.4 is 10.2 Å². The van der Waals surface area contributed by atoms with Gasteiger partial charge in [0.2, 0.25) is 5.91 Å². The number of benzene rings is 1. The van der Waals surface area contributed by atoms with E-state index >= 15 is 0 Å². The number of rotatable bonds is 6. The van der Waals surface area contributed by atoms with Crippen LogP contribution in [-0.4, -0.2) is 44.9 Å². The molecule has 0 radical (unpaired) electrons. The largest absolute Gasteiger partial charge is 0.378 e. The molecule has 150 valence electrons. The number of nitrogens with one attached hydrogen (secondary N) is 1. The summed E-state index contributed by atoms with van der Waals surface area (Å²) in [6.45, 7) is 10.3. The number of carbonyl (C=O) groups is 1. The van der Waals surface area contributed by atoms with Crippen molar-refractivity contribution >= 4 is 17.3 Å². The lowest BCUT2D eigenvalue weighted by molar-refractivity contribution is -0.126. The van der Waals surface area contributed by atoms with Crippen molar-refractivity contribution in [2.75, 3.05) is 43.1 Å². The molecule has 0 spiro atoms. The number of anilines is 2. The maximum atomic E-state index is 12.3. The molecule has 1 amide bonds. The summed E-state index contributed by atoms with van der Waals surface area (Å²) >= 11 is 0. The zero-order valence-corrected chi connectivity index (χ0v) is 16.9. The van der Waals surface area contributed by atoms with E-state index in [1.165, 1.54) is 18.5 Å². The van der Waals surface area contributed by atoms with Gasteiger partial charge in [0.1, 0.15) is 6.61 Å². The zero-order valence-electron chi connectivity index (χ0n) is 16.9. The van der Waals surface area contributed by atoms with Crippen LogP contribution in [0.15, 0.2) is 24.3 Å². The lowest BCUT2D eigenvalue weighted by Gasteiger charge is -2.37. The molecule has 1 heterocycles. The van der Waals surface area contributed by atoms with Crippen LogP contribution in [0.2, 0.25) is 0 Å². The van der Waals surface area contributed by atoms with Crippen molar-refractivity contribution in [2.45, 2.75) is 46.1 Å². The molecular weight excluding hydrogens is 340 g/mol. The first-order valence-corrected chi connectivity index (χ1v) is 10.4. The Hall–Kier alpha value is -1.59. The molecule has 5 nitrogen and oxygen atoms in total. The second kappa shape index (κ2) is 9.56. The Morgan fingerprint density at radius 3 is 2.59 bits per heavy atom. The molecule has 3 atom stereocenters. The highest BCUT2D eigenvalue weighted by Gasteiger charge is 2.31. The van der Waals surface area contributed by atoms with Crippen LogP contribution in [-0.2, 0) is 14.3 Å². The highest BCUT2D eigenvalue weighted by molar-refractivity contribution is 5.91. The van der Waals surface area contributed by atoms with Gasteiger partial charge in [0.15, 0.2) is 0 Å². The first-order valence-electron chi connectivity index (χ1n) is 10.4. The molecular formula is C22H34N2O3. The number of amides is 1. The molecule has 5 heteroatoms. The molecule has 0 bridgehead atoms. The van der Waals surface area contributed by atoms with Gasteiger partial charge in [0, 0.05) is 24.5 Å². The molecule has 3 rings (SSSR count). The van der Waals surface area contributed by atoms with Gasteiger partial charge >= 0.3 is 0 Å². The van der Waals surface area contributed by atoms with Crippen LogP contribution >= 0.6 is 0 Å². The van der Waals surface area contributed by atoms with Crippen LogP contribution in [0.25, 0.3) is 0 Å². The second-order valence-electron chi connectivity index (χ2n) is 8.37. The van der Waals surface area contributed by atoms with Crippen molar-refractivity contribution in [3.63, 3.8) is 0 Å². The van der Waals surface area contributed by atoms with Gasteiger partial charge in [0.05, 0.1) is 19.3 Å². The Bertz CT molecular complexity index is 596. The van der Waals surface area contributed by atoms with Gasteiger partial charge in [0.25, 0.3) is 0 Å². The number of nitrogens with zero attached hydrogens (tertiary/aromatic N) is 1. The Morgan fingerprint density at radius 1 is 1.22 bits per heavy atom. The van der Waals surface area contributed by atoms with Crippen molar-refractivity contribution in [1.29, 1.82) is 0 Å². The van der Waals surface area contributed by atoms with Gasteiger partial charge in [-0.1, -0.05) is 27.2 Å². The number of hydrogen-bond donors (Lipinski definition) is 1. The van der Waals surface area contributed by atoms with E-state index < -0.39 is 0 Å². The number of morpholine rings is 1. The van der Waals surface area contributed by atoms with Gasteiger partial charge in [-0.05, 0) is 54.9 Å². The molecule has 1 saturated carbocycles. The summed E-state index contributed by atoms with van der Waals surface area (Å²) in [6.07, 6.45) is 3.73. The van der Waals surface area contributed by atoms with Gasteiger partial charge in [-0.3, -0.25) is 4.79 Å². The minimum Gasteiger partial charge on any atom is -0.378 e. The summed E-state index contributed by atoms with van der Waals surface area (Å²) in [4.78, 5) is 14.6. The molecule has 1 aliphatic heterocycles. The van der Waals surface area contributed by atoms with Gasteiger partial charge in [-0.15, -0.1) is 0 Å². The average molecular weight is 375 g/mol. The fourth-order valence-corrected chi connectivity index (χ4v) is 4.26. The molecule has 1 aromatic rings. The third kappa shape index (κ3) is 5.69. The van der Waals surface area contributed by atoms with E-state index in [1.54, 1.807) is 0 Å². The minimum absolute atomic E-state index is 0.0742. The Morgan fingerprint density at radius 2 is 1.93 bits per heavy atom. The minimum atomic E-state index is -0.0742. The molecule has 2 fully saturated rings. The molecule has 1 N–H and O–H groups in total. The predicted molar refractivity (Wildman–Crippen MR) is 109 cm³/mol. The summed E-state index contributed by atoms with van der Waals surface area (Å²) in [5.74, 6) is 1.76. The van der Waals surface area contributed by atoms with E-state index in [-0.39, 0.29) is 18.6 Å². The fraction of sp³-hybridized carbons (Fsp3) is 0.682. The molecule has 2 aliphatic rings. The van der Waals surface area contributed by atoms with Crippen LogP contribution in [0.5, 0.6) is 0 Å². The van der Waals surface area contributed by atoms with Crippen LogP contribution in [0, 0.1) is 17.8 Å². The van der Waals surface area contributed by atoms with Crippen molar-refractivity contribution < 1.29 is 14.3 Å². The van der Waals surface area contributed by atoms with E-state index in [9.17, 15) is 4.79 Å². The molecule has 1 saturated heterocycles. The van der Waals surface area contributed by atoms with Crippen molar-refractivity contribution in [2.24, 2.45) is 17.8 Å². The monoisotopic (exact) mass is 374 g/mol. The number of carbonyl (C=O) groups excluding carboxylic acids is 1. The number of ether oxygens (including phenoxy) is 2. The fourth-order valence-electron chi connectivity index (χ4n) is 4.26. The summed E-state index contributed by atoms with van der Waals surface area (Å²) in [5.41, 5.74) is 1.99. The topological polar surface area (TPSA) is 50.8 Å². The van der Waals surface area contributed by atoms with Gasteiger partial charge in [-0.2, -0.15) is 0 Å². The number of hydrogen-bond acceptors (Lipinski definition) is 4. The van der Waals surface area contributed by atoms with Gasteiger partial charge < -0.3 is 19.7 Å². The molecule has 27 heavy (non-hydrogen) atoms. The summed E-state index contributed by atoms with van der Waals surface area (Å²) < 4.78 is 11.4. The SMILES string of the molecule is CC(C)[C@@H]1CC[C@@H](C)C[C@@H]1OCC(=O)Nc1ccc(N2CCOCC2)cc1. The van der Waals surface area contributed by atoms with Crippen molar-refractivity contribution in [3.8, 4) is 0 Å². The standard InChI is InChI=1S/C22H34N2O3/c1-16(2)20-9-4-17(3)14-21(20)27-15-22(25)23-18-5-7-19(8-6-18)24-10-12-26-13-11-24/h5-8,16-17,20-21H,4,9-15H2,1-3H3,(H,23,25)/t17-,20+,21+/m1/s1. The highest BCUT2D eigenvalue weighted by Crippen LogP contribution is 2.35. The summed E-state index contributed by atoms with van der Waals surface area (Å²) in [5, 5.41) is 2.96. The summed E-state index contributed by atoms with van der Waals surface area (Å²) in [7, 11) is 0. The lowest BCUT2D eigenvalue weighted by atomic mass is 9.75. The van der Waals surface area contributed by atoms with E-state index in [0.717, 1.165) is 38.4 Å². The third-order valence-electron chi connectivity index (χ3n) is 5.92. The average Bonchev–Trinajstić information content (AvgIpc) is 2.67. The molecule has 1 aliphatic carbocycles. The maximum absolute atomic E-state index is 12.3. The normalized spacial score (nSPS) is 26.2. The van der Waals surface area contributed by atoms with Crippen LogP contribution in [0.4, 0.5) is 11.4 Å². The third-order valence-corrected chi connectivity index (χ3v) is 5.92. The Balaban J connectivity index is 1.48. The van der Waals surface area contributed by atoms with E-state index in [2.05, 4.69) is 43.1 Å². The highest BCUT2D eigenvalue weighted by atomic mass is 16.5. The van der Waals surface area contributed by atoms with Crippen molar-refractivity contribution in [1.82, 2.24) is 0 Å². The second-order valence-corrected chi connectivity index (χ2v) is 8.37.